The van der Waals surface area contributed by atoms with E-state index in [2.05, 4.69) is 9.47 Å². The van der Waals surface area contributed by atoms with Crippen molar-refractivity contribution in [2.45, 2.75) is 26.7 Å². The molecule has 0 spiro atoms. The van der Waals surface area contributed by atoms with E-state index < -0.39 is 5.97 Å². The van der Waals surface area contributed by atoms with Crippen molar-refractivity contribution in [1.29, 1.82) is 0 Å². The highest BCUT2D eigenvalue weighted by Crippen LogP contribution is 1.99. The number of nitrogens with zero attached hydrogens (tertiary/aromatic N) is 1. The number of amides is 1. The van der Waals surface area contributed by atoms with Gasteiger partial charge in [-0.05, 0) is 13.8 Å². The number of carbonyl (C=O) groups excluding carboxylic acids is 3. The zero-order chi connectivity index (χ0) is 13.3. The van der Waals surface area contributed by atoms with Crippen LogP contribution in [0.4, 0.5) is 0 Å². The van der Waals surface area contributed by atoms with E-state index in [1.54, 1.807) is 13.8 Å². The number of carbonyl (C=O) groups is 3. The Hall–Kier alpha value is -1.59. The van der Waals surface area contributed by atoms with Gasteiger partial charge in [0.05, 0.1) is 20.1 Å². The smallest absolute Gasteiger partial charge is 0.315 e. The van der Waals surface area contributed by atoms with Crippen molar-refractivity contribution in [3.8, 4) is 0 Å². The fourth-order valence-electron chi connectivity index (χ4n) is 1.23. The van der Waals surface area contributed by atoms with Gasteiger partial charge in [0.15, 0.2) is 0 Å². The molecule has 0 saturated heterocycles. The maximum atomic E-state index is 11.6. The summed E-state index contributed by atoms with van der Waals surface area (Å²) >= 11 is 0. The van der Waals surface area contributed by atoms with Gasteiger partial charge in [-0.3, -0.25) is 14.4 Å². The zero-order valence-corrected chi connectivity index (χ0v) is 10.5. The topological polar surface area (TPSA) is 72.9 Å². The van der Waals surface area contributed by atoms with Gasteiger partial charge in [0.25, 0.3) is 0 Å². The number of ether oxygens (including phenoxy) is 2. The SMILES string of the molecule is CCOC(=O)CC(=O)N(CC)CCC(=O)OC. The Morgan fingerprint density at radius 3 is 2.24 bits per heavy atom. The molecule has 6 heteroatoms. The molecule has 6 nitrogen and oxygen atoms in total. The third kappa shape index (κ3) is 6.55. The molecule has 17 heavy (non-hydrogen) atoms. The maximum Gasteiger partial charge on any atom is 0.315 e. The lowest BCUT2D eigenvalue weighted by Gasteiger charge is -2.19. The molecule has 0 aromatic carbocycles. The molecule has 0 fully saturated rings. The third-order valence-corrected chi connectivity index (χ3v) is 2.15. The molecule has 0 bridgehead atoms. The van der Waals surface area contributed by atoms with Crippen LogP contribution in [0.25, 0.3) is 0 Å². The average Bonchev–Trinajstić information content (AvgIpc) is 2.29. The van der Waals surface area contributed by atoms with Crippen molar-refractivity contribution >= 4 is 17.8 Å². The van der Waals surface area contributed by atoms with E-state index in [-0.39, 0.29) is 37.9 Å². The molecule has 98 valence electrons. The fraction of sp³-hybridized carbons (Fsp3) is 0.727. The van der Waals surface area contributed by atoms with Crippen LogP contribution in [-0.4, -0.2) is 49.6 Å². The largest absolute Gasteiger partial charge is 0.469 e. The van der Waals surface area contributed by atoms with E-state index in [0.29, 0.717) is 6.54 Å². The van der Waals surface area contributed by atoms with Gasteiger partial charge in [-0.15, -0.1) is 0 Å². The number of hydrogen-bond donors (Lipinski definition) is 0. The lowest BCUT2D eigenvalue weighted by Crippen LogP contribution is -2.34. The van der Waals surface area contributed by atoms with Crippen molar-refractivity contribution in [3.63, 3.8) is 0 Å². The molecule has 0 rings (SSSR count). The first-order valence-electron chi connectivity index (χ1n) is 5.55. The van der Waals surface area contributed by atoms with E-state index in [1.165, 1.54) is 12.0 Å². The minimum atomic E-state index is -0.547. The summed E-state index contributed by atoms with van der Waals surface area (Å²) in [5.74, 6) is -1.27. The van der Waals surface area contributed by atoms with Crippen molar-refractivity contribution in [1.82, 2.24) is 4.90 Å². The van der Waals surface area contributed by atoms with Crippen LogP contribution < -0.4 is 0 Å². The van der Waals surface area contributed by atoms with Gasteiger partial charge < -0.3 is 14.4 Å². The molecule has 0 unspecified atom stereocenters. The van der Waals surface area contributed by atoms with Crippen molar-refractivity contribution < 1.29 is 23.9 Å². The summed E-state index contributed by atoms with van der Waals surface area (Å²) in [4.78, 5) is 35.1. The molecule has 0 aromatic rings. The van der Waals surface area contributed by atoms with E-state index in [4.69, 9.17) is 0 Å². The van der Waals surface area contributed by atoms with Crippen molar-refractivity contribution in [2.75, 3.05) is 26.8 Å². The highest BCUT2D eigenvalue weighted by Gasteiger charge is 2.17. The summed E-state index contributed by atoms with van der Waals surface area (Å²) in [5.41, 5.74) is 0. The fourth-order valence-corrected chi connectivity index (χ4v) is 1.23. The van der Waals surface area contributed by atoms with Crippen LogP contribution in [0.5, 0.6) is 0 Å². The minimum absolute atomic E-state index is 0.124. The Balaban J connectivity index is 4.12. The number of esters is 2. The van der Waals surface area contributed by atoms with E-state index in [1.807, 2.05) is 0 Å². The maximum absolute atomic E-state index is 11.6. The average molecular weight is 245 g/mol. The molecule has 0 radical (unpaired) electrons. The van der Waals surface area contributed by atoms with Gasteiger partial charge in [0, 0.05) is 13.1 Å². The molecule has 0 aliphatic heterocycles. The van der Waals surface area contributed by atoms with Gasteiger partial charge >= 0.3 is 11.9 Å². The molecule has 0 atom stereocenters. The summed E-state index contributed by atoms with van der Waals surface area (Å²) in [7, 11) is 1.29. The molecule has 1 amide bonds. The number of hydrogen-bond acceptors (Lipinski definition) is 5. The highest BCUT2D eigenvalue weighted by molar-refractivity contribution is 5.94. The monoisotopic (exact) mass is 245 g/mol. The molecule has 0 aliphatic carbocycles. The van der Waals surface area contributed by atoms with Crippen LogP contribution in [0.2, 0.25) is 0 Å². The van der Waals surface area contributed by atoms with Crippen LogP contribution >= 0.6 is 0 Å². The van der Waals surface area contributed by atoms with Crippen LogP contribution in [-0.2, 0) is 23.9 Å². The predicted octanol–water partition coefficient (Wildman–Crippen LogP) is 0.351. The number of methoxy groups -OCH3 is 1. The van der Waals surface area contributed by atoms with Crippen LogP contribution in [0, 0.1) is 0 Å². The molecular weight excluding hydrogens is 226 g/mol. The first-order chi connectivity index (χ1) is 8.04. The first-order valence-corrected chi connectivity index (χ1v) is 5.55. The Morgan fingerprint density at radius 2 is 1.76 bits per heavy atom. The van der Waals surface area contributed by atoms with Crippen molar-refractivity contribution in [3.05, 3.63) is 0 Å². The summed E-state index contributed by atoms with van der Waals surface area (Å²) in [6.45, 7) is 4.40. The summed E-state index contributed by atoms with van der Waals surface area (Å²) < 4.78 is 9.15. The zero-order valence-electron chi connectivity index (χ0n) is 10.5. The molecule has 0 saturated carbocycles. The van der Waals surface area contributed by atoms with E-state index in [9.17, 15) is 14.4 Å². The van der Waals surface area contributed by atoms with Gasteiger partial charge in [0.1, 0.15) is 6.42 Å². The van der Waals surface area contributed by atoms with Crippen LogP contribution in [0.1, 0.15) is 26.7 Å². The highest BCUT2D eigenvalue weighted by atomic mass is 16.5. The lowest BCUT2D eigenvalue weighted by molar-refractivity contribution is -0.148. The molecule has 0 aliphatic rings. The summed E-state index contributed by atoms with van der Waals surface area (Å²) in [5, 5.41) is 0. The summed E-state index contributed by atoms with van der Waals surface area (Å²) in [6, 6.07) is 0. The van der Waals surface area contributed by atoms with Crippen molar-refractivity contribution in [2.24, 2.45) is 0 Å². The van der Waals surface area contributed by atoms with E-state index >= 15 is 0 Å². The Bertz CT molecular complexity index is 277. The Kier molecular flexibility index (Phi) is 7.75. The second-order valence-corrected chi connectivity index (χ2v) is 3.28. The minimum Gasteiger partial charge on any atom is -0.469 e. The van der Waals surface area contributed by atoms with Crippen LogP contribution in [0.15, 0.2) is 0 Å². The molecular formula is C11H19NO5. The Labute approximate surface area is 101 Å². The standard InChI is InChI=1S/C11H19NO5/c1-4-12(7-6-10(14)16-3)9(13)8-11(15)17-5-2/h4-8H2,1-3H3. The van der Waals surface area contributed by atoms with Gasteiger partial charge in [-0.25, -0.2) is 0 Å². The quantitative estimate of drug-likeness (QED) is 0.478. The van der Waals surface area contributed by atoms with Gasteiger partial charge in [-0.2, -0.15) is 0 Å². The molecule has 0 aromatic heterocycles. The predicted molar refractivity (Wildman–Crippen MR) is 60.1 cm³/mol. The first kappa shape index (κ1) is 15.4. The normalized spacial score (nSPS) is 9.59. The second kappa shape index (κ2) is 8.55. The Morgan fingerprint density at radius 1 is 1.12 bits per heavy atom. The van der Waals surface area contributed by atoms with E-state index in [0.717, 1.165) is 0 Å². The van der Waals surface area contributed by atoms with Crippen LogP contribution in [0.3, 0.4) is 0 Å². The lowest BCUT2D eigenvalue weighted by atomic mass is 10.3. The van der Waals surface area contributed by atoms with Gasteiger partial charge in [-0.1, -0.05) is 0 Å². The van der Waals surface area contributed by atoms with Gasteiger partial charge in [0.2, 0.25) is 5.91 Å². The molecule has 0 heterocycles. The third-order valence-electron chi connectivity index (χ3n) is 2.15. The summed E-state index contributed by atoms with van der Waals surface area (Å²) in [6.07, 6.45) is -0.165. The second-order valence-electron chi connectivity index (χ2n) is 3.28. The number of rotatable bonds is 7. The molecule has 0 N–H and O–H groups in total.